The van der Waals surface area contributed by atoms with Crippen LogP contribution in [0.5, 0.6) is 0 Å². The summed E-state index contributed by atoms with van der Waals surface area (Å²) in [6, 6.07) is 0.419. The van der Waals surface area contributed by atoms with Crippen LogP contribution in [0.1, 0.15) is 13.3 Å². The van der Waals surface area contributed by atoms with E-state index in [1.54, 1.807) is 24.0 Å². The molecule has 2 rings (SSSR count). The lowest BCUT2D eigenvalue weighted by Crippen LogP contribution is -2.59. The smallest absolute Gasteiger partial charge is 0.293 e. The lowest BCUT2D eigenvalue weighted by molar-refractivity contribution is 0.409. The Balaban J connectivity index is 2.30. The lowest BCUT2D eigenvalue weighted by Gasteiger charge is -2.38. The summed E-state index contributed by atoms with van der Waals surface area (Å²) < 4.78 is 1.58. The van der Waals surface area contributed by atoms with E-state index in [4.69, 9.17) is 0 Å². The van der Waals surface area contributed by atoms with Gasteiger partial charge in [-0.05, 0) is 6.42 Å². The van der Waals surface area contributed by atoms with Crippen LogP contribution in [-0.4, -0.2) is 35.2 Å². The number of rotatable bonds is 4. The molecule has 0 bridgehead atoms. The standard InChI is InChI=1S/C11H18N4O/c1-3-5-15(9-7-12-8-9)10-11(16)14(2)6-4-13-10/h4,6,9,12H,3,5,7-8H2,1-2H3. The average molecular weight is 222 g/mol. The van der Waals surface area contributed by atoms with Gasteiger partial charge in [0.25, 0.3) is 5.56 Å². The largest absolute Gasteiger partial charge is 0.346 e. The minimum atomic E-state index is -0.0112. The first-order chi connectivity index (χ1) is 7.74. The zero-order valence-electron chi connectivity index (χ0n) is 9.81. The van der Waals surface area contributed by atoms with Crippen LogP contribution in [0.25, 0.3) is 0 Å². The van der Waals surface area contributed by atoms with Gasteiger partial charge in [0.05, 0.1) is 6.04 Å². The third-order valence-electron chi connectivity index (χ3n) is 2.94. The molecule has 0 spiro atoms. The minimum Gasteiger partial charge on any atom is -0.346 e. The van der Waals surface area contributed by atoms with Gasteiger partial charge in [0.2, 0.25) is 0 Å². The van der Waals surface area contributed by atoms with Crippen LogP contribution in [0.15, 0.2) is 17.2 Å². The molecule has 0 unspecified atom stereocenters. The van der Waals surface area contributed by atoms with Gasteiger partial charge in [-0.15, -0.1) is 0 Å². The first-order valence-corrected chi connectivity index (χ1v) is 5.73. The summed E-state index contributed by atoms with van der Waals surface area (Å²) in [6.45, 7) is 4.89. The van der Waals surface area contributed by atoms with Gasteiger partial charge >= 0.3 is 0 Å². The molecule has 1 saturated heterocycles. The molecule has 16 heavy (non-hydrogen) atoms. The summed E-state index contributed by atoms with van der Waals surface area (Å²) in [5.41, 5.74) is -0.0112. The number of aryl methyl sites for hydroxylation is 1. The Morgan fingerprint density at radius 2 is 2.38 bits per heavy atom. The molecule has 0 aliphatic carbocycles. The number of nitrogens with one attached hydrogen (secondary N) is 1. The molecule has 0 radical (unpaired) electrons. The van der Waals surface area contributed by atoms with Crippen LogP contribution in [0.3, 0.4) is 0 Å². The van der Waals surface area contributed by atoms with E-state index in [1.807, 2.05) is 0 Å². The lowest BCUT2D eigenvalue weighted by atomic mass is 10.1. The van der Waals surface area contributed by atoms with Gasteiger partial charge in [-0.2, -0.15) is 0 Å². The van der Waals surface area contributed by atoms with Gasteiger partial charge in [0, 0.05) is 39.1 Å². The van der Waals surface area contributed by atoms with Crippen molar-refractivity contribution in [1.29, 1.82) is 0 Å². The SMILES string of the molecule is CCCN(c1nccn(C)c1=O)C1CNC1. The third-order valence-corrected chi connectivity index (χ3v) is 2.94. The topological polar surface area (TPSA) is 50.2 Å². The van der Waals surface area contributed by atoms with E-state index in [-0.39, 0.29) is 5.56 Å². The zero-order chi connectivity index (χ0) is 11.5. The highest BCUT2D eigenvalue weighted by Gasteiger charge is 2.26. The summed E-state index contributed by atoms with van der Waals surface area (Å²) in [7, 11) is 1.76. The number of nitrogens with zero attached hydrogens (tertiary/aromatic N) is 3. The number of anilines is 1. The fourth-order valence-electron chi connectivity index (χ4n) is 1.88. The number of aromatic nitrogens is 2. The van der Waals surface area contributed by atoms with E-state index in [0.717, 1.165) is 26.1 Å². The second kappa shape index (κ2) is 4.65. The fraction of sp³-hybridized carbons (Fsp3) is 0.636. The van der Waals surface area contributed by atoms with Gasteiger partial charge in [-0.3, -0.25) is 4.79 Å². The maximum atomic E-state index is 12.0. The molecule has 88 valence electrons. The molecule has 1 fully saturated rings. The maximum absolute atomic E-state index is 12.0. The quantitative estimate of drug-likeness (QED) is 0.777. The highest BCUT2D eigenvalue weighted by molar-refractivity contribution is 5.38. The fourth-order valence-corrected chi connectivity index (χ4v) is 1.88. The highest BCUT2D eigenvalue weighted by atomic mass is 16.1. The van der Waals surface area contributed by atoms with Crippen molar-refractivity contribution in [2.75, 3.05) is 24.5 Å². The van der Waals surface area contributed by atoms with Crippen molar-refractivity contribution in [3.8, 4) is 0 Å². The van der Waals surface area contributed by atoms with Crippen molar-refractivity contribution in [3.63, 3.8) is 0 Å². The summed E-state index contributed by atoms with van der Waals surface area (Å²) in [4.78, 5) is 18.3. The van der Waals surface area contributed by atoms with E-state index in [0.29, 0.717) is 11.9 Å². The highest BCUT2D eigenvalue weighted by Crippen LogP contribution is 2.12. The van der Waals surface area contributed by atoms with Gasteiger partial charge < -0.3 is 14.8 Å². The summed E-state index contributed by atoms with van der Waals surface area (Å²) in [5.74, 6) is 0.582. The summed E-state index contributed by atoms with van der Waals surface area (Å²) in [6.07, 6.45) is 4.40. The molecule has 0 saturated carbocycles. The van der Waals surface area contributed by atoms with E-state index >= 15 is 0 Å². The molecule has 1 N–H and O–H groups in total. The van der Waals surface area contributed by atoms with E-state index in [1.165, 1.54) is 0 Å². The first kappa shape index (κ1) is 11.1. The Hall–Kier alpha value is -1.36. The average Bonchev–Trinajstić information content (AvgIpc) is 2.19. The second-order valence-electron chi connectivity index (χ2n) is 4.17. The van der Waals surface area contributed by atoms with Gasteiger partial charge in [0.1, 0.15) is 0 Å². The van der Waals surface area contributed by atoms with Crippen molar-refractivity contribution < 1.29 is 0 Å². The molecule has 0 atom stereocenters. The van der Waals surface area contributed by atoms with E-state index in [9.17, 15) is 4.79 Å². The Labute approximate surface area is 95.1 Å². The Bertz CT molecular complexity index is 411. The zero-order valence-corrected chi connectivity index (χ0v) is 9.81. The number of hydrogen-bond donors (Lipinski definition) is 1. The monoisotopic (exact) mass is 222 g/mol. The van der Waals surface area contributed by atoms with Crippen LogP contribution in [0.2, 0.25) is 0 Å². The molecule has 0 amide bonds. The normalized spacial score (nSPS) is 15.9. The molecule has 5 heteroatoms. The molecule has 1 aliphatic heterocycles. The van der Waals surface area contributed by atoms with E-state index in [2.05, 4.69) is 22.1 Å². The summed E-state index contributed by atoms with van der Waals surface area (Å²) >= 11 is 0. The Kier molecular flexibility index (Phi) is 3.24. The van der Waals surface area contributed by atoms with Gasteiger partial charge in [0.15, 0.2) is 5.82 Å². The molecule has 1 aromatic heterocycles. The van der Waals surface area contributed by atoms with Gasteiger partial charge in [-0.25, -0.2) is 4.98 Å². The number of hydrogen-bond acceptors (Lipinski definition) is 4. The van der Waals surface area contributed by atoms with Gasteiger partial charge in [-0.1, -0.05) is 6.92 Å². The van der Waals surface area contributed by atoms with Crippen molar-refractivity contribution in [2.24, 2.45) is 7.05 Å². The van der Waals surface area contributed by atoms with Crippen LogP contribution >= 0.6 is 0 Å². The van der Waals surface area contributed by atoms with E-state index < -0.39 is 0 Å². The van der Waals surface area contributed by atoms with Crippen LogP contribution in [-0.2, 0) is 7.05 Å². The van der Waals surface area contributed by atoms with Crippen molar-refractivity contribution in [2.45, 2.75) is 19.4 Å². The van der Waals surface area contributed by atoms with Crippen LogP contribution in [0.4, 0.5) is 5.82 Å². The first-order valence-electron chi connectivity index (χ1n) is 5.73. The van der Waals surface area contributed by atoms with Crippen molar-refractivity contribution in [1.82, 2.24) is 14.9 Å². The molecule has 1 aliphatic rings. The Morgan fingerprint density at radius 1 is 1.62 bits per heavy atom. The van der Waals surface area contributed by atoms with Crippen LogP contribution in [0, 0.1) is 0 Å². The predicted molar refractivity (Wildman–Crippen MR) is 63.8 cm³/mol. The predicted octanol–water partition coefficient (Wildman–Crippen LogP) is -0.0315. The minimum absolute atomic E-state index is 0.0112. The molecule has 2 heterocycles. The molecule has 1 aromatic rings. The second-order valence-corrected chi connectivity index (χ2v) is 4.17. The van der Waals surface area contributed by atoms with Crippen LogP contribution < -0.4 is 15.8 Å². The molecule has 0 aromatic carbocycles. The maximum Gasteiger partial charge on any atom is 0.293 e. The van der Waals surface area contributed by atoms with Crippen molar-refractivity contribution >= 4 is 5.82 Å². The van der Waals surface area contributed by atoms with Crippen molar-refractivity contribution in [3.05, 3.63) is 22.7 Å². The molecular weight excluding hydrogens is 204 g/mol. The molecule has 5 nitrogen and oxygen atoms in total. The summed E-state index contributed by atoms with van der Waals surface area (Å²) in [5, 5.41) is 3.23. The Morgan fingerprint density at radius 3 is 2.94 bits per heavy atom. The third kappa shape index (κ3) is 1.95. The molecular formula is C11H18N4O.